The standard InChI is InChI=1S/C27H37FN6O2/c1-18(22-8-5-19(15-23(22)28)16-33-13-10-21(11-14-33)32(3)4)30-25-29-12-9-24(31-25)34-26(35)36-17-27(34,2)20-6-7-20/h5,8-9,12,15,18,20-21H,6-7,10-11,13-14,16-17H2,1-4H3,(H,29,30,31)/t18-,27+/m0/s1. The van der Waals surface area contributed by atoms with Crippen molar-refractivity contribution in [1.29, 1.82) is 0 Å². The quantitative estimate of drug-likeness (QED) is 0.579. The summed E-state index contributed by atoms with van der Waals surface area (Å²) in [5.74, 6) is 1.04. The molecule has 9 heteroatoms. The lowest BCUT2D eigenvalue weighted by atomic mass is 9.96. The number of benzene rings is 1. The van der Waals surface area contributed by atoms with Crippen molar-refractivity contribution < 1.29 is 13.9 Å². The number of nitrogens with zero attached hydrogens (tertiary/aromatic N) is 5. The summed E-state index contributed by atoms with van der Waals surface area (Å²) in [5, 5.41) is 3.21. The molecule has 2 atom stereocenters. The fourth-order valence-corrected chi connectivity index (χ4v) is 5.59. The Kier molecular flexibility index (Phi) is 6.87. The zero-order chi connectivity index (χ0) is 25.4. The first kappa shape index (κ1) is 24.9. The van der Waals surface area contributed by atoms with E-state index in [-0.39, 0.29) is 18.0 Å². The zero-order valence-corrected chi connectivity index (χ0v) is 21.7. The third-order valence-corrected chi connectivity index (χ3v) is 8.08. The molecule has 194 valence electrons. The summed E-state index contributed by atoms with van der Waals surface area (Å²) in [6, 6.07) is 7.51. The summed E-state index contributed by atoms with van der Waals surface area (Å²) >= 11 is 0. The van der Waals surface area contributed by atoms with Crippen LogP contribution in [-0.4, -0.2) is 71.2 Å². The minimum Gasteiger partial charge on any atom is -0.447 e. The van der Waals surface area contributed by atoms with Gasteiger partial charge in [-0.05, 0) is 90.3 Å². The summed E-state index contributed by atoms with van der Waals surface area (Å²) < 4.78 is 20.5. The van der Waals surface area contributed by atoms with E-state index in [2.05, 4.69) is 46.1 Å². The predicted octanol–water partition coefficient (Wildman–Crippen LogP) is 4.44. The van der Waals surface area contributed by atoms with Crippen LogP contribution in [0.25, 0.3) is 0 Å². The smallest absolute Gasteiger partial charge is 0.416 e. The lowest BCUT2D eigenvalue weighted by Crippen LogP contribution is -2.47. The number of hydrogen-bond acceptors (Lipinski definition) is 7. The number of halogens is 1. The number of rotatable bonds is 8. The van der Waals surface area contributed by atoms with Gasteiger partial charge in [0.25, 0.3) is 0 Å². The maximum absolute atomic E-state index is 15.1. The molecular formula is C27H37FN6O2. The minimum atomic E-state index is -0.391. The van der Waals surface area contributed by atoms with Crippen molar-refractivity contribution in [3.8, 4) is 0 Å². The molecule has 36 heavy (non-hydrogen) atoms. The van der Waals surface area contributed by atoms with Crippen LogP contribution >= 0.6 is 0 Å². The van der Waals surface area contributed by atoms with Crippen molar-refractivity contribution >= 4 is 17.9 Å². The molecule has 1 N–H and O–H groups in total. The summed E-state index contributed by atoms with van der Waals surface area (Å²) in [6.45, 7) is 7.12. The molecule has 0 radical (unpaired) electrons. The van der Waals surface area contributed by atoms with Gasteiger partial charge in [0.05, 0.1) is 11.6 Å². The van der Waals surface area contributed by atoms with Gasteiger partial charge < -0.3 is 15.0 Å². The number of nitrogens with one attached hydrogen (secondary N) is 1. The van der Waals surface area contributed by atoms with Gasteiger partial charge in [0.2, 0.25) is 5.95 Å². The fraction of sp³-hybridized carbons (Fsp3) is 0.593. The average molecular weight is 497 g/mol. The number of aromatic nitrogens is 2. The number of cyclic esters (lactones) is 1. The van der Waals surface area contributed by atoms with E-state index in [0.717, 1.165) is 50.9 Å². The number of carbonyl (C=O) groups excluding carboxylic acids is 1. The molecular weight excluding hydrogens is 459 g/mol. The topological polar surface area (TPSA) is 73.8 Å². The number of amides is 1. The van der Waals surface area contributed by atoms with E-state index in [9.17, 15) is 4.79 Å². The molecule has 2 aliphatic heterocycles. The molecule has 5 rings (SSSR count). The first-order valence-electron chi connectivity index (χ1n) is 13.0. The van der Waals surface area contributed by atoms with Gasteiger partial charge in [0, 0.05) is 24.3 Å². The normalized spacial score (nSPS) is 24.3. The lowest BCUT2D eigenvalue weighted by molar-refractivity contribution is 0.140. The summed E-state index contributed by atoms with van der Waals surface area (Å²) in [7, 11) is 4.27. The molecule has 3 fully saturated rings. The molecule has 0 spiro atoms. The van der Waals surface area contributed by atoms with Crippen molar-refractivity contribution in [2.24, 2.45) is 5.92 Å². The number of ether oxygens (including phenoxy) is 1. The molecule has 2 saturated heterocycles. The van der Waals surface area contributed by atoms with Crippen LogP contribution in [0.4, 0.5) is 21.0 Å². The van der Waals surface area contributed by atoms with E-state index in [1.807, 2.05) is 19.1 Å². The minimum absolute atomic E-state index is 0.240. The van der Waals surface area contributed by atoms with E-state index >= 15 is 4.39 Å². The van der Waals surface area contributed by atoms with E-state index in [4.69, 9.17) is 4.74 Å². The number of piperidine rings is 1. The van der Waals surface area contributed by atoms with Gasteiger partial charge in [-0.2, -0.15) is 4.98 Å². The van der Waals surface area contributed by atoms with Gasteiger partial charge in [-0.25, -0.2) is 14.2 Å². The monoisotopic (exact) mass is 496 g/mol. The number of anilines is 2. The largest absolute Gasteiger partial charge is 0.447 e. The van der Waals surface area contributed by atoms with E-state index < -0.39 is 5.54 Å². The third kappa shape index (κ3) is 5.04. The second kappa shape index (κ2) is 9.94. The maximum Gasteiger partial charge on any atom is 0.416 e. The SMILES string of the molecule is C[C@H](Nc1nccc(N2C(=O)OC[C@]2(C)C2CC2)n1)c1ccc(CN2CCC(N(C)C)CC2)cc1F. The molecule has 2 aromatic rings. The van der Waals surface area contributed by atoms with Crippen LogP contribution < -0.4 is 10.2 Å². The van der Waals surface area contributed by atoms with Crippen molar-refractivity contribution in [3.63, 3.8) is 0 Å². The second-order valence-electron chi connectivity index (χ2n) is 11.0. The van der Waals surface area contributed by atoms with Crippen molar-refractivity contribution in [3.05, 3.63) is 47.4 Å². The van der Waals surface area contributed by atoms with Crippen LogP contribution in [0, 0.1) is 11.7 Å². The Bertz CT molecular complexity index is 1100. The molecule has 3 heterocycles. The molecule has 3 aliphatic rings. The highest BCUT2D eigenvalue weighted by Gasteiger charge is 2.54. The molecule has 1 aromatic carbocycles. The van der Waals surface area contributed by atoms with Crippen LogP contribution in [0.15, 0.2) is 30.5 Å². The Morgan fingerprint density at radius 1 is 1.22 bits per heavy atom. The highest BCUT2D eigenvalue weighted by atomic mass is 19.1. The summed E-state index contributed by atoms with van der Waals surface area (Å²) in [4.78, 5) is 27.8. The van der Waals surface area contributed by atoms with Crippen LogP contribution in [0.5, 0.6) is 0 Å². The maximum atomic E-state index is 15.1. The van der Waals surface area contributed by atoms with Crippen LogP contribution in [0.3, 0.4) is 0 Å². The highest BCUT2D eigenvalue weighted by Crippen LogP contribution is 2.47. The second-order valence-corrected chi connectivity index (χ2v) is 11.0. The van der Waals surface area contributed by atoms with Gasteiger partial charge in [0.15, 0.2) is 0 Å². The fourth-order valence-electron chi connectivity index (χ4n) is 5.59. The van der Waals surface area contributed by atoms with E-state index in [1.165, 1.54) is 0 Å². The Morgan fingerprint density at radius 3 is 2.64 bits per heavy atom. The molecule has 0 bridgehead atoms. The molecule has 1 amide bonds. The van der Waals surface area contributed by atoms with Gasteiger partial charge in [-0.15, -0.1) is 0 Å². The summed E-state index contributed by atoms with van der Waals surface area (Å²) in [5.41, 5.74) is 1.15. The number of likely N-dealkylation sites (tertiary alicyclic amines) is 1. The number of hydrogen-bond donors (Lipinski definition) is 1. The van der Waals surface area contributed by atoms with E-state index in [1.54, 1.807) is 23.2 Å². The third-order valence-electron chi connectivity index (χ3n) is 8.08. The number of carbonyl (C=O) groups is 1. The van der Waals surface area contributed by atoms with Crippen LogP contribution in [0.2, 0.25) is 0 Å². The van der Waals surface area contributed by atoms with E-state index in [0.29, 0.717) is 35.9 Å². The van der Waals surface area contributed by atoms with Crippen LogP contribution in [0.1, 0.15) is 56.7 Å². The molecule has 1 aliphatic carbocycles. The first-order chi connectivity index (χ1) is 17.2. The Morgan fingerprint density at radius 2 is 1.97 bits per heavy atom. The predicted molar refractivity (Wildman–Crippen MR) is 137 cm³/mol. The van der Waals surface area contributed by atoms with Gasteiger partial charge in [-0.1, -0.05) is 12.1 Å². The molecule has 1 aromatic heterocycles. The first-order valence-corrected chi connectivity index (χ1v) is 13.0. The molecule has 0 unspecified atom stereocenters. The Labute approximate surface area is 212 Å². The molecule has 8 nitrogen and oxygen atoms in total. The highest BCUT2D eigenvalue weighted by molar-refractivity contribution is 5.90. The Hall–Kier alpha value is -2.78. The van der Waals surface area contributed by atoms with Crippen molar-refractivity contribution in [2.75, 3.05) is 44.0 Å². The van der Waals surface area contributed by atoms with Gasteiger partial charge >= 0.3 is 6.09 Å². The van der Waals surface area contributed by atoms with Crippen molar-refractivity contribution in [1.82, 2.24) is 19.8 Å². The van der Waals surface area contributed by atoms with Crippen LogP contribution in [-0.2, 0) is 11.3 Å². The molecule has 1 saturated carbocycles. The summed E-state index contributed by atoms with van der Waals surface area (Å²) in [6.07, 6.45) is 5.69. The zero-order valence-electron chi connectivity index (χ0n) is 21.7. The lowest BCUT2D eigenvalue weighted by Gasteiger charge is -2.35. The van der Waals surface area contributed by atoms with Gasteiger partial charge in [0.1, 0.15) is 18.2 Å². The van der Waals surface area contributed by atoms with Crippen molar-refractivity contribution in [2.45, 2.75) is 63.7 Å². The average Bonchev–Trinajstić information content (AvgIpc) is 3.65. The Balaban J connectivity index is 1.24. The van der Waals surface area contributed by atoms with Gasteiger partial charge in [-0.3, -0.25) is 9.80 Å².